The molecule has 0 unspecified atom stereocenters. The van der Waals surface area contributed by atoms with Gasteiger partial charge in [0.25, 0.3) is 5.91 Å². The van der Waals surface area contributed by atoms with E-state index in [1.54, 1.807) is 36.4 Å². The molecular weight excluding hydrogens is 363 g/mol. The number of amides is 1. The topological polar surface area (TPSA) is 91.2 Å². The molecule has 3 N–H and O–H groups in total. The van der Waals surface area contributed by atoms with Crippen LogP contribution in [-0.2, 0) is 6.61 Å². The van der Waals surface area contributed by atoms with Crippen molar-refractivity contribution in [1.82, 2.24) is 5.43 Å². The Morgan fingerprint density at radius 3 is 2.54 bits per heavy atom. The fourth-order valence-electron chi connectivity index (χ4n) is 2.46. The van der Waals surface area contributed by atoms with Crippen molar-refractivity contribution in [1.29, 1.82) is 0 Å². The van der Waals surface area contributed by atoms with Gasteiger partial charge in [-0.2, -0.15) is 5.10 Å². The summed E-state index contributed by atoms with van der Waals surface area (Å²) in [7, 11) is 0. The van der Waals surface area contributed by atoms with Gasteiger partial charge >= 0.3 is 0 Å². The predicted molar refractivity (Wildman–Crippen MR) is 102 cm³/mol. The molecule has 0 bridgehead atoms. The van der Waals surface area contributed by atoms with E-state index in [-0.39, 0.29) is 29.5 Å². The highest BCUT2D eigenvalue weighted by atomic mass is 19.1. The summed E-state index contributed by atoms with van der Waals surface area (Å²) in [6, 6.07) is 16.7. The Labute approximate surface area is 160 Å². The van der Waals surface area contributed by atoms with E-state index >= 15 is 0 Å². The van der Waals surface area contributed by atoms with Crippen LogP contribution in [0.1, 0.15) is 21.5 Å². The van der Waals surface area contributed by atoms with E-state index in [1.807, 2.05) is 0 Å². The molecule has 3 aromatic carbocycles. The second-order valence-electron chi connectivity index (χ2n) is 5.89. The molecule has 0 aliphatic heterocycles. The zero-order valence-corrected chi connectivity index (χ0v) is 14.7. The predicted octanol–water partition coefficient (Wildman–Crippen LogP) is 3.58. The number of carbonyl (C=O) groups is 1. The molecule has 0 aromatic heterocycles. The van der Waals surface area contributed by atoms with Crippen LogP contribution < -0.4 is 10.2 Å². The number of benzene rings is 3. The number of nitrogens with zero attached hydrogens (tertiary/aromatic N) is 1. The second kappa shape index (κ2) is 8.68. The molecule has 7 heteroatoms. The van der Waals surface area contributed by atoms with E-state index < -0.39 is 5.91 Å². The van der Waals surface area contributed by atoms with Crippen molar-refractivity contribution in [3.63, 3.8) is 0 Å². The number of nitrogens with one attached hydrogen (secondary N) is 1. The van der Waals surface area contributed by atoms with Crippen LogP contribution in [0.5, 0.6) is 17.2 Å². The number of para-hydroxylation sites is 1. The number of phenols is 2. The van der Waals surface area contributed by atoms with Gasteiger partial charge in [0, 0.05) is 17.2 Å². The summed E-state index contributed by atoms with van der Waals surface area (Å²) in [5.41, 5.74) is 3.67. The number of halogens is 1. The van der Waals surface area contributed by atoms with E-state index in [1.165, 1.54) is 30.5 Å². The van der Waals surface area contributed by atoms with Crippen molar-refractivity contribution in [2.75, 3.05) is 0 Å². The summed E-state index contributed by atoms with van der Waals surface area (Å²) in [6.07, 6.45) is 1.40. The number of aromatic hydroxyl groups is 2. The van der Waals surface area contributed by atoms with Crippen molar-refractivity contribution in [3.05, 3.63) is 89.2 Å². The average molecular weight is 380 g/mol. The van der Waals surface area contributed by atoms with Crippen LogP contribution in [0.2, 0.25) is 0 Å². The van der Waals surface area contributed by atoms with Crippen LogP contribution in [-0.4, -0.2) is 22.3 Å². The van der Waals surface area contributed by atoms with Gasteiger partial charge in [-0.1, -0.05) is 24.3 Å². The third kappa shape index (κ3) is 5.07. The van der Waals surface area contributed by atoms with E-state index in [0.29, 0.717) is 16.9 Å². The van der Waals surface area contributed by atoms with Crippen LogP contribution in [0.4, 0.5) is 4.39 Å². The molecule has 142 valence electrons. The normalized spacial score (nSPS) is 10.8. The molecular formula is C21H17FN2O4. The van der Waals surface area contributed by atoms with Crippen LogP contribution in [0.15, 0.2) is 71.8 Å². The van der Waals surface area contributed by atoms with Gasteiger partial charge in [-0.3, -0.25) is 4.79 Å². The monoisotopic (exact) mass is 380 g/mol. The lowest BCUT2D eigenvalue weighted by Gasteiger charge is -2.09. The maximum atomic E-state index is 13.3. The molecule has 0 radical (unpaired) electrons. The number of ether oxygens (including phenoxy) is 1. The smallest absolute Gasteiger partial charge is 0.271 e. The fraction of sp³-hybridized carbons (Fsp3) is 0.0476. The minimum Gasteiger partial charge on any atom is -0.508 e. The van der Waals surface area contributed by atoms with Crippen molar-refractivity contribution in [2.24, 2.45) is 5.10 Å². The van der Waals surface area contributed by atoms with Gasteiger partial charge in [-0.25, -0.2) is 9.82 Å². The molecule has 1 amide bonds. The Morgan fingerprint density at radius 2 is 1.79 bits per heavy atom. The van der Waals surface area contributed by atoms with Crippen molar-refractivity contribution in [3.8, 4) is 17.2 Å². The first-order chi connectivity index (χ1) is 13.5. The highest BCUT2D eigenvalue weighted by molar-refractivity contribution is 5.95. The zero-order chi connectivity index (χ0) is 19.9. The first-order valence-corrected chi connectivity index (χ1v) is 8.34. The minimum absolute atomic E-state index is 0.0605. The maximum absolute atomic E-state index is 13.3. The number of hydrogen-bond acceptors (Lipinski definition) is 5. The first kappa shape index (κ1) is 18.9. The summed E-state index contributed by atoms with van der Waals surface area (Å²) in [5, 5.41) is 22.7. The molecule has 0 aliphatic rings. The van der Waals surface area contributed by atoms with Gasteiger partial charge in [-0.05, 0) is 42.0 Å². The summed E-state index contributed by atoms with van der Waals surface area (Å²) in [4.78, 5) is 12.1. The average Bonchev–Trinajstić information content (AvgIpc) is 2.66. The van der Waals surface area contributed by atoms with Crippen LogP contribution >= 0.6 is 0 Å². The molecule has 0 saturated carbocycles. The van der Waals surface area contributed by atoms with Crippen LogP contribution in [0.25, 0.3) is 0 Å². The van der Waals surface area contributed by atoms with E-state index in [2.05, 4.69) is 10.5 Å². The first-order valence-electron chi connectivity index (χ1n) is 8.34. The molecule has 3 aromatic rings. The Balaban J connectivity index is 1.66. The molecule has 0 fully saturated rings. The summed E-state index contributed by atoms with van der Waals surface area (Å²) >= 11 is 0. The lowest BCUT2D eigenvalue weighted by molar-refractivity contribution is 0.0954. The standard InChI is InChI=1S/C21H17FN2O4/c22-17-6-3-4-14(8-17)13-28-20-7-2-1-5-15(20)12-23-24-21(27)16-9-18(25)11-19(26)10-16/h1-12,25-26H,13H2,(H,24,27). The quantitative estimate of drug-likeness (QED) is 0.450. The SMILES string of the molecule is O=C(NN=Cc1ccccc1OCc1cccc(F)c1)c1cc(O)cc(O)c1. The Kier molecular flexibility index (Phi) is 5.86. The summed E-state index contributed by atoms with van der Waals surface area (Å²) < 4.78 is 19.0. The second-order valence-corrected chi connectivity index (χ2v) is 5.89. The molecule has 0 spiro atoms. The van der Waals surface area contributed by atoms with Gasteiger partial charge in [0.1, 0.15) is 29.7 Å². The highest BCUT2D eigenvalue weighted by Crippen LogP contribution is 2.20. The van der Waals surface area contributed by atoms with Crippen LogP contribution in [0, 0.1) is 5.82 Å². The number of phenolic OH excluding ortho intramolecular Hbond substituents is 2. The number of hydrazone groups is 1. The van der Waals surface area contributed by atoms with E-state index in [9.17, 15) is 19.4 Å². The maximum Gasteiger partial charge on any atom is 0.271 e. The highest BCUT2D eigenvalue weighted by Gasteiger charge is 2.08. The van der Waals surface area contributed by atoms with Gasteiger partial charge in [0.2, 0.25) is 0 Å². The van der Waals surface area contributed by atoms with Gasteiger partial charge in [0.05, 0.1) is 6.21 Å². The Hall–Kier alpha value is -3.87. The van der Waals surface area contributed by atoms with Gasteiger partial charge in [0.15, 0.2) is 0 Å². The molecule has 0 saturated heterocycles. The molecule has 3 rings (SSSR count). The molecule has 6 nitrogen and oxygen atoms in total. The lowest BCUT2D eigenvalue weighted by Crippen LogP contribution is -2.17. The Morgan fingerprint density at radius 1 is 1.04 bits per heavy atom. The summed E-state index contributed by atoms with van der Waals surface area (Å²) in [6.45, 7) is 0.178. The van der Waals surface area contributed by atoms with Gasteiger partial charge in [-0.15, -0.1) is 0 Å². The largest absolute Gasteiger partial charge is 0.508 e. The molecule has 0 heterocycles. The molecule has 0 atom stereocenters. The molecule has 0 aliphatic carbocycles. The lowest BCUT2D eigenvalue weighted by atomic mass is 10.2. The van der Waals surface area contributed by atoms with E-state index in [4.69, 9.17) is 4.74 Å². The third-order valence-corrected chi connectivity index (χ3v) is 3.74. The van der Waals surface area contributed by atoms with Gasteiger partial charge < -0.3 is 14.9 Å². The van der Waals surface area contributed by atoms with Crippen molar-refractivity contribution < 1.29 is 24.1 Å². The fourth-order valence-corrected chi connectivity index (χ4v) is 2.46. The zero-order valence-electron chi connectivity index (χ0n) is 14.7. The summed E-state index contributed by atoms with van der Waals surface area (Å²) in [5.74, 6) is -0.882. The minimum atomic E-state index is -0.597. The third-order valence-electron chi connectivity index (χ3n) is 3.74. The van der Waals surface area contributed by atoms with E-state index in [0.717, 1.165) is 6.07 Å². The van der Waals surface area contributed by atoms with Crippen molar-refractivity contribution in [2.45, 2.75) is 6.61 Å². The Bertz CT molecular complexity index is 1000. The molecule has 28 heavy (non-hydrogen) atoms. The number of rotatable bonds is 6. The number of hydrogen-bond donors (Lipinski definition) is 3. The van der Waals surface area contributed by atoms with Crippen molar-refractivity contribution >= 4 is 12.1 Å². The van der Waals surface area contributed by atoms with Crippen LogP contribution in [0.3, 0.4) is 0 Å². The number of carbonyl (C=O) groups excluding carboxylic acids is 1.